The molecule has 92 valence electrons. The van der Waals surface area contributed by atoms with Crippen LogP contribution in [-0.2, 0) is 6.42 Å². The molecule has 0 aromatic heterocycles. The Morgan fingerprint density at radius 3 is 2.61 bits per heavy atom. The van der Waals surface area contributed by atoms with E-state index >= 15 is 0 Å². The smallest absolute Gasteiger partial charge is 0.0426 e. The molecule has 1 N–H and O–H groups in total. The molecule has 1 nitrogen and oxygen atoms in total. The predicted octanol–water partition coefficient (Wildman–Crippen LogP) is 4.53. The second-order valence-corrected chi connectivity index (χ2v) is 5.93. The molecule has 0 fully saturated rings. The molecule has 1 aliphatic rings. The third kappa shape index (κ3) is 1.90. The molecule has 2 aromatic carbocycles. The Bertz CT molecular complexity index is 617. The third-order valence-electron chi connectivity index (χ3n) is 3.60. The number of benzene rings is 2. The SMILES string of the molecule is C=C1Cc2cccc3cccc(c23)NC(C)(C)C1. The predicted molar refractivity (Wildman–Crippen MR) is 79.1 cm³/mol. The zero-order valence-electron chi connectivity index (χ0n) is 11.1. The first-order valence-electron chi connectivity index (χ1n) is 6.51. The molecule has 2 aromatic rings. The van der Waals surface area contributed by atoms with Gasteiger partial charge in [0.2, 0.25) is 0 Å². The molecule has 0 amide bonds. The number of rotatable bonds is 0. The zero-order chi connectivity index (χ0) is 12.8. The summed E-state index contributed by atoms with van der Waals surface area (Å²) in [6, 6.07) is 13.0. The van der Waals surface area contributed by atoms with Crippen molar-refractivity contribution in [2.45, 2.75) is 32.2 Å². The average Bonchev–Trinajstić information content (AvgIpc) is 2.26. The summed E-state index contributed by atoms with van der Waals surface area (Å²) in [5.41, 5.74) is 4.00. The van der Waals surface area contributed by atoms with Gasteiger partial charge in [-0.2, -0.15) is 0 Å². The van der Waals surface area contributed by atoms with Gasteiger partial charge in [0.15, 0.2) is 0 Å². The van der Waals surface area contributed by atoms with Crippen molar-refractivity contribution in [1.29, 1.82) is 0 Å². The first kappa shape index (κ1) is 11.3. The van der Waals surface area contributed by atoms with Crippen LogP contribution in [0.3, 0.4) is 0 Å². The molecule has 0 saturated carbocycles. The molecule has 0 spiro atoms. The van der Waals surface area contributed by atoms with Crippen molar-refractivity contribution in [2.75, 3.05) is 5.32 Å². The van der Waals surface area contributed by atoms with E-state index < -0.39 is 0 Å². The number of nitrogens with one attached hydrogen (secondary N) is 1. The van der Waals surface area contributed by atoms with Crippen molar-refractivity contribution in [3.05, 3.63) is 54.1 Å². The Balaban J connectivity index is 2.30. The van der Waals surface area contributed by atoms with Gasteiger partial charge in [0, 0.05) is 16.6 Å². The van der Waals surface area contributed by atoms with Crippen LogP contribution < -0.4 is 5.32 Å². The van der Waals surface area contributed by atoms with Crippen molar-refractivity contribution < 1.29 is 0 Å². The molecule has 1 heterocycles. The lowest BCUT2D eigenvalue weighted by Gasteiger charge is -2.32. The summed E-state index contributed by atoms with van der Waals surface area (Å²) in [5, 5.41) is 6.34. The molecule has 0 bridgehead atoms. The van der Waals surface area contributed by atoms with Crippen LogP contribution in [0.4, 0.5) is 5.69 Å². The first-order chi connectivity index (χ1) is 8.55. The van der Waals surface area contributed by atoms with E-state index in [4.69, 9.17) is 0 Å². The second-order valence-electron chi connectivity index (χ2n) is 5.93. The van der Waals surface area contributed by atoms with Gasteiger partial charge in [-0.15, -0.1) is 0 Å². The molecule has 0 radical (unpaired) electrons. The standard InChI is InChI=1S/C17H19N/c1-12-10-14-8-4-6-13-7-5-9-15(16(13)14)18-17(2,3)11-12/h4-9,18H,1,10-11H2,2-3H3. The maximum Gasteiger partial charge on any atom is 0.0426 e. The van der Waals surface area contributed by atoms with Gasteiger partial charge in [0.05, 0.1) is 0 Å². The van der Waals surface area contributed by atoms with Crippen molar-refractivity contribution >= 4 is 16.5 Å². The van der Waals surface area contributed by atoms with Gasteiger partial charge in [-0.05, 0) is 43.7 Å². The molecule has 0 atom stereocenters. The fourth-order valence-corrected chi connectivity index (χ4v) is 3.04. The Morgan fingerprint density at radius 1 is 1.11 bits per heavy atom. The van der Waals surface area contributed by atoms with E-state index in [9.17, 15) is 0 Å². The minimum Gasteiger partial charge on any atom is -0.379 e. The lowest BCUT2D eigenvalue weighted by molar-refractivity contribution is 0.555. The maximum absolute atomic E-state index is 4.23. The molecule has 0 saturated heterocycles. The molecule has 1 aliphatic heterocycles. The van der Waals surface area contributed by atoms with Gasteiger partial charge in [-0.25, -0.2) is 0 Å². The van der Waals surface area contributed by atoms with Crippen LogP contribution in [0.2, 0.25) is 0 Å². The summed E-state index contributed by atoms with van der Waals surface area (Å²) in [4.78, 5) is 0. The van der Waals surface area contributed by atoms with Crippen LogP contribution in [0.1, 0.15) is 25.8 Å². The van der Waals surface area contributed by atoms with Crippen molar-refractivity contribution in [3.8, 4) is 0 Å². The van der Waals surface area contributed by atoms with Crippen LogP contribution in [0, 0.1) is 0 Å². The average molecular weight is 237 g/mol. The van der Waals surface area contributed by atoms with Crippen molar-refractivity contribution in [2.24, 2.45) is 0 Å². The number of hydrogen-bond donors (Lipinski definition) is 1. The summed E-state index contributed by atoms with van der Waals surface area (Å²) in [6.07, 6.45) is 2.00. The maximum atomic E-state index is 4.23. The third-order valence-corrected chi connectivity index (χ3v) is 3.60. The molecule has 0 unspecified atom stereocenters. The van der Waals surface area contributed by atoms with Gasteiger partial charge in [0.25, 0.3) is 0 Å². The van der Waals surface area contributed by atoms with Crippen molar-refractivity contribution in [1.82, 2.24) is 0 Å². The van der Waals surface area contributed by atoms with Crippen molar-refractivity contribution in [3.63, 3.8) is 0 Å². The van der Waals surface area contributed by atoms with Gasteiger partial charge in [-0.1, -0.05) is 42.5 Å². The Labute approximate surface area is 109 Å². The summed E-state index contributed by atoms with van der Waals surface area (Å²) >= 11 is 0. The molecular weight excluding hydrogens is 218 g/mol. The zero-order valence-corrected chi connectivity index (χ0v) is 11.1. The van der Waals surface area contributed by atoms with E-state index in [-0.39, 0.29) is 5.54 Å². The van der Waals surface area contributed by atoms with E-state index in [1.165, 1.54) is 27.6 Å². The fraction of sp³-hybridized carbons (Fsp3) is 0.294. The normalized spacial score (nSPS) is 18.0. The molecule has 3 rings (SSSR count). The summed E-state index contributed by atoms with van der Waals surface area (Å²) < 4.78 is 0. The van der Waals surface area contributed by atoms with Gasteiger partial charge in [-0.3, -0.25) is 0 Å². The van der Waals surface area contributed by atoms with E-state index in [1.807, 2.05) is 0 Å². The Morgan fingerprint density at radius 2 is 1.83 bits per heavy atom. The summed E-state index contributed by atoms with van der Waals surface area (Å²) in [5.74, 6) is 0. The lowest BCUT2D eigenvalue weighted by Crippen LogP contribution is -2.32. The highest BCUT2D eigenvalue weighted by atomic mass is 15.0. The molecule has 0 aliphatic carbocycles. The van der Waals surface area contributed by atoms with Gasteiger partial charge >= 0.3 is 0 Å². The van der Waals surface area contributed by atoms with Crippen LogP contribution in [-0.4, -0.2) is 5.54 Å². The van der Waals surface area contributed by atoms with Gasteiger partial charge in [0.1, 0.15) is 0 Å². The summed E-state index contributed by atoms with van der Waals surface area (Å²) in [7, 11) is 0. The van der Waals surface area contributed by atoms with Crippen LogP contribution >= 0.6 is 0 Å². The highest BCUT2D eigenvalue weighted by Crippen LogP contribution is 2.34. The topological polar surface area (TPSA) is 12.0 Å². The Hall–Kier alpha value is -1.76. The minimum atomic E-state index is 0.0684. The second kappa shape index (κ2) is 3.88. The largest absolute Gasteiger partial charge is 0.379 e. The Kier molecular flexibility index (Phi) is 2.44. The van der Waals surface area contributed by atoms with Gasteiger partial charge < -0.3 is 5.32 Å². The van der Waals surface area contributed by atoms with E-state index in [0.29, 0.717) is 0 Å². The number of hydrogen-bond acceptors (Lipinski definition) is 1. The highest BCUT2D eigenvalue weighted by molar-refractivity contribution is 5.97. The van der Waals surface area contributed by atoms with Crippen LogP contribution in [0.15, 0.2) is 48.6 Å². The van der Waals surface area contributed by atoms with E-state index in [2.05, 4.69) is 62.1 Å². The van der Waals surface area contributed by atoms with Crippen LogP contribution in [0.5, 0.6) is 0 Å². The monoisotopic (exact) mass is 237 g/mol. The fourth-order valence-electron chi connectivity index (χ4n) is 3.04. The first-order valence-corrected chi connectivity index (χ1v) is 6.51. The lowest BCUT2D eigenvalue weighted by atomic mass is 9.87. The highest BCUT2D eigenvalue weighted by Gasteiger charge is 2.23. The van der Waals surface area contributed by atoms with Crippen LogP contribution in [0.25, 0.3) is 10.8 Å². The molecule has 1 heteroatoms. The minimum absolute atomic E-state index is 0.0684. The molecule has 18 heavy (non-hydrogen) atoms. The molecular formula is C17H19N. The van der Waals surface area contributed by atoms with E-state index in [0.717, 1.165) is 12.8 Å². The summed E-state index contributed by atoms with van der Waals surface area (Å²) in [6.45, 7) is 8.71. The quantitative estimate of drug-likeness (QED) is 0.664. The number of anilines is 1. The van der Waals surface area contributed by atoms with E-state index in [1.54, 1.807) is 0 Å².